The second-order valence-electron chi connectivity index (χ2n) is 5.42. The number of nitrogens with zero attached hydrogens (tertiary/aromatic N) is 1. The van der Waals surface area contributed by atoms with Gasteiger partial charge in [0.15, 0.2) is 0 Å². The third-order valence-corrected chi connectivity index (χ3v) is 4.35. The van der Waals surface area contributed by atoms with Crippen LogP contribution in [-0.4, -0.2) is 17.5 Å². The Morgan fingerprint density at radius 2 is 2.08 bits per heavy atom. The first kappa shape index (κ1) is 19.8. The van der Waals surface area contributed by atoms with Gasteiger partial charge in [0, 0.05) is 43.1 Å². The van der Waals surface area contributed by atoms with E-state index in [1.807, 2.05) is 0 Å². The summed E-state index contributed by atoms with van der Waals surface area (Å²) in [5, 5.41) is 2.44. The van der Waals surface area contributed by atoms with Crippen molar-refractivity contribution in [2.24, 2.45) is 0 Å². The van der Waals surface area contributed by atoms with Crippen LogP contribution in [0.5, 0.6) is 5.75 Å². The third kappa shape index (κ3) is 4.78. The first-order valence-electron chi connectivity index (χ1n) is 7.68. The van der Waals surface area contributed by atoms with Gasteiger partial charge in [0.1, 0.15) is 28.5 Å². The largest absolute Gasteiger partial charge is 0.487 e. The molecule has 26 heavy (non-hydrogen) atoms. The van der Waals surface area contributed by atoms with Gasteiger partial charge in [0.25, 0.3) is 5.56 Å². The van der Waals surface area contributed by atoms with Crippen LogP contribution in [0.15, 0.2) is 45.7 Å². The quantitative estimate of drug-likeness (QED) is 0.722. The van der Waals surface area contributed by atoms with Crippen molar-refractivity contribution >= 4 is 21.8 Å². The maximum atomic E-state index is 13.7. The molecule has 0 atom stereocenters. The van der Waals surface area contributed by atoms with Crippen LogP contribution < -0.4 is 15.6 Å². The molecule has 1 aromatic carbocycles. The van der Waals surface area contributed by atoms with E-state index in [1.165, 1.54) is 23.8 Å². The molecule has 0 unspecified atom stereocenters. The van der Waals surface area contributed by atoms with Gasteiger partial charge in [-0.25, -0.2) is 8.78 Å². The summed E-state index contributed by atoms with van der Waals surface area (Å²) < 4.78 is 33.8. The fourth-order valence-corrected chi connectivity index (χ4v) is 2.63. The summed E-state index contributed by atoms with van der Waals surface area (Å²) in [7, 11) is 1.51. The lowest BCUT2D eigenvalue weighted by Crippen LogP contribution is -2.23. The molecule has 0 saturated heterocycles. The zero-order valence-electron chi connectivity index (χ0n) is 14.2. The monoisotopic (exact) mass is 426 g/mol. The molecule has 0 fully saturated rings. The number of carbonyl (C=O) groups excluding carboxylic acids is 1. The Kier molecular flexibility index (Phi) is 6.68. The van der Waals surface area contributed by atoms with E-state index < -0.39 is 11.6 Å². The predicted molar refractivity (Wildman–Crippen MR) is 97.0 cm³/mol. The number of carbonyl (C=O) groups is 1. The van der Waals surface area contributed by atoms with E-state index >= 15 is 0 Å². The topological polar surface area (TPSA) is 60.3 Å². The molecule has 1 N–H and O–H groups in total. The zero-order chi connectivity index (χ0) is 19.3. The predicted octanol–water partition coefficient (Wildman–Crippen LogP) is 3.08. The lowest BCUT2D eigenvalue weighted by molar-refractivity contribution is -0.116. The number of benzene rings is 1. The maximum absolute atomic E-state index is 13.7. The molecule has 0 radical (unpaired) electrons. The molecule has 1 amide bonds. The lowest BCUT2D eigenvalue weighted by atomic mass is 10.2. The minimum Gasteiger partial charge on any atom is -0.487 e. The number of aromatic nitrogens is 1. The minimum absolute atomic E-state index is 0.149. The summed E-state index contributed by atoms with van der Waals surface area (Å²) in [5.41, 5.74) is 0.434. The van der Waals surface area contributed by atoms with E-state index in [0.717, 1.165) is 12.1 Å². The van der Waals surface area contributed by atoms with E-state index in [0.29, 0.717) is 5.69 Å². The molecule has 2 rings (SSSR count). The second kappa shape index (κ2) is 8.75. The minimum atomic E-state index is -0.717. The number of ether oxygens (including phenoxy) is 1. The Hall–Kier alpha value is -2.48. The second-order valence-corrected chi connectivity index (χ2v) is 6.21. The summed E-state index contributed by atoms with van der Waals surface area (Å²) in [5.74, 6) is -1.40. The molecule has 0 bridgehead atoms. The van der Waals surface area contributed by atoms with Gasteiger partial charge in [-0.2, -0.15) is 0 Å². The van der Waals surface area contributed by atoms with Gasteiger partial charge in [-0.1, -0.05) is 6.08 Å². The van der Waals surface area contributed by atoms with Gasteiger partial charge >= 0.3 is 0 Å². The molecule has 0 spiro atoms. The van der Waals surface area contributed by atoms with Crippen LogP contribution in [0.1, 0.15) is 11.3 Å². The summed E-state index contributed by atoms with van der Waals surface area (Å²) >= 11 is 3.19. The zero-order valence-corrected chi connectivity index (χ0v) is 15.8. The van der Waals surface area contributed by atoms with E-state index in [-0.39, 0.29) is 40.4 Å². The highest BCUT2D eigenvalue weighted by molar-refractivity contribution is 9.10. The Bertz CT molecular complexity index is 910. The average molecular weight is 427 g/mol. The number of rotatable bonds is 6. The van der Waals surface area contributed by atoms with Gasteiger partial charge < -0.3 is 14.6 Å². The summed E-state index contributed by atoms with van der Waals surface area (Å²) in [6.07, 6.45) is 2.90. The van der Waals surface area contributed by atoms with Crippen LogP contribution in [0.25, 0.3) is 0 Å². The number of hydrogen-bond acceptors (Lipinski definition) is 3. The lowest BCUT2D eigenvalue weighted by Gasteiger charge is -2.13. The summed E-state index contributed by atoms with van der Waals surface area (Å²) in [6.45, 7) is 1.78. The molecule has 5 nitrogen and oxygen atoms in total. The van der Waals surface area contributed by atoms with Crippen molar-refractivity contribution in [3.63, 3.8) is 0 Å². The molecule has 0 aliphatic heterocycles. The number of amides is 1. The number of allylic oxidation sites excluding steroid dienone is 1. The summed E-state index contributed by atoms with van der Waals surface area (Å²) in [4.78, 5) is 23.6. The molecule has 138 valence electrons. The molecular formula is C18H17BrF2N2O3. The smallest absolute Gasteiger partial charge is 0.269 e. The number of nitrogens with one attached hydrogen (secondary N) is 1. The van der Waals surface area contributed by atoms with Crippen molar-refractivity contribution in [2.45, 2.75) is 20.1 Å². The van der Waals surface area contributed by atoms with Crippen LogP contribution in [0.3, 0.4) is 0 Å². The van der Waals surface area contributed by atoms with E-state index in [1.54, 1.807) is 19.1 Å². The Labute approximate surface area is 157 Å². The van der Waals surface area contributed by atoms with E-state index in [4.69, 9.17) is 4.74 Å². The maximum Gasteiger partial charge on any atom is 0.269 e. The van der Waals surface area contributed by atoms with E-state index in [2.05, 4.69) is 21.2 Å². The highest BCUT2D eigenvalue weighted by Gasteiger charge is 2.13. The van der Waals surface area contributed by atoms with Gasteiger partial charge in [0.2, 0.25) is 5.91 Å². The number of pyridine rings is 1. The fraction of sp³-hybridized carbons (Fsp3) is 0.222. The number of likely N-dealkylation sites (N-methyl/N-ethyl adjacent to an activating group) is 1. The molecule has 2 aromatic rings. The van der Waals surface area contributed by atoms with Gasteiger partial charge in [-0.3, -0.25) is 9.59 Å². The molecule has 0 aliphatic carbocycles. The average Bonchev–Trinajstić information content (AvgIpc) is 2.60. The van der Waals surface area contributed by atoms with Crippen molar-refractivity contribution < 1.29 is 18.3 Å². The van der Waals surface area contributed by atoms with Crippen molar-refractivity contribution in [3.05, 3.63) is 74.1 Å². The van der Waals surface area contributed by atoms with Crippen LogP contribution >= 0.6 is 15.9 Å². The number of halogens is 3. The molecule has 0 saturated carbocycles. The highest BCUT2D eigenvalue weighted by Crippen LogP contribution is 2.24. The standard InChI is InChI=1S/C18H17BrF2N2O3/c1-11-8-15(26-10-12-5-6-13(20)9-14(12)21)17(19)18(25)23(11)7-3-4-16(24)22-2/h3-6,8-9H,7,10H2,1-2H3,(H,22,24)/b4-3+. The first-order chi connectivity index (χ1) is 12.3. The number of aryl methyl sites for hydroxylation is 1. The third-order valence-electron chi connectivity index (χ3n) is 3.62. The molecule has 0 aliphatic rings. The SMILES string of the molecule is CNC(=O)/C=C/Cn1c(C)cc(OCc2ccc(F)cc2F)c(Br)c1=O. The van der Waals surface area contributed by atoms with Gasteiger partial charge in [0.05, 0.1) is 0 Å². The van der Waals surface area contributed by atoms with Gasteiger partial charge in [-0.15, -0.1) is 0 Å². The molecule has 1 heterocycles. The molecule has 8 heteroatoms. The van der Waals surface area contributed by atoms with Crippen molar-refractivity contribution in [2.75, 3.05) is 7.05 Å². The molecule has 1 aromatic heterocycles. The molecular weight excluding hydrogens is 410 g/mol. The Morgan fingerprint density at radius 1 is 1.35 bits per heavy atom. The van der Waals surface area contributed by atoms with E-state index in [9.17, 15) is 18.4 Å². The van der Waals surface area contributed by atoms with Crippen molar-refractivity contribution in [3.8, 4) is 5.75 Å². The van der Waals surface area contributed by atoms with Crippen LogP contribution in [0.2, 0.25) is 0 Å². The van der Waals surface area contributed by atoms with Crippen LogP contribution in [-0.2, 0) is 17.9 Å². The fourth-order valence-electron chi connectivity index (χ4n) is 2.19. The van der Waals surface area contributed by atoms with Gasteiger partial charge in [-0.05, 0) is 35.0 Å². The highest BCUT2D eigenvalue weighted by atomic mass is 79.9. The number of hydrogen-bond donors (Lipinski definition) is 1. The normalized spacial score (nSPS) is 11.0. The summed E-state index contributed by atoms with van der Waals surface area (Å²) in [6, 6.07) is 4.82. The van der Waals surface area contributed by atoms with Crippen LogP contribution in [0.4, 0.5) is 8.78 Å². The van der Waals surface area contributed by atoms with Crippen molar-refractivity contribution in [1.82, 2.24) is 9.88 Å². The first-order valence-corrected chi connectivity index (χ1v) is 8.47. The van der Waals surface area contributed by atoms with Crippen LogP contribution in [0, 0.1) is 18.6 Å². The Balaban J connectivity index is 2.19. The van der Waals surface area contributed by atoms with Crippen molar-refractivity contribution in [1.29, 1.82) is 0 Å². The Morgan fingerprint density at radius 3 is 2.73 bits per heavy atom.